The van der Waals surface area contributed by atoms with Gasteiger partial charge in [0.15, 0.2) is 5.84 Å². The first-order valence-electron chi connectivity index (χ1n) is 5.86. The van der Waals surface area contributed by atoms with E-state index in [1.807, 2.05) is 24.3 Å². The molecule has 4 nitrogen and oxygen atoms in total. The third-order valence-corrected chi connectivity index (χ3v) is 3.26. The highest BCUT2D eigenvalue weighted by Crippen LogP contribution is 2.18. The van der Waals surface area contributed by atoms with Gasteiger partial charge in [0, 0.05) is 22.3 Å². The molecule has 0 radical (unpaired) electrons. The summed E-state index contributed by atoms with van der Waals surface area (Å²) in [6.07, 6.45) is 0. The lowest BCUT2D eigenvalue weighted by Crippen LogP contribution is -2.16. The molecule has 0 bridgehead atoms. The normalized spacial score (nSPS) is 11.4. The zero-order chi connectivity index (χ0) is 14.5. The van der Waals surface area contributed by atoms with E-state index in [-0.39, 0.29) is 11.4 Å². The lowest BCUT2D eigenvalue weighted by Gasteiger charge is -2.10. The highest BCUT2D eigenvalue weighted by Gasteiger charge is 2.11. The predicted molar refractivity (Wildman–Crippen MR) is 80.4 cm³/mol. The lowest BCUT2D eigenvalue weighted by atomic mass is 10.1. The first-order valence-corrected chi connectivity index (χ1v) is 6.66. The van der Waals surface area contributed by atoms with Gasteiger partial charge >= 0.3 is 0 Å². The molecule has 20 heavy (non-hydrogen) atoms. The molecule has 0 saturated carbocycles. The Bertz CT molecular complexity index is 646. The summed E-state index contributed by atoms with van der Waals surface area (Å²) in [7, 11) is 0. The van der Waals surface area contributed by atoms with Crippen molar-refractivity contribution in [2.45, 2.75) is 6.54 Å². The molecule has 0 saturated heterocycles. The summed E-state index contributed by atoms with van der Waals surface area (Å²) in [6.45, 7) is 0.300. The monoisotopic (exact) mass is 337 g/mol. The second-order valence-electron chi connectivity index (χ2n) is 4.13. The van der Waals surface area contributed by atoms with Crippen LogP contribution in [0.15, 0.2) is 52.1 Å². The molecule has 0 heterocycles. The van der Waals surface area contributed by atoms with E-state index in [9.17, 15) is 4.39 Å². The Morgan fingerprint density at radius 1 is 1.30 bits per heavy atom. The number of hydrogen-bond acceptors (Lipinski definition) is 3. The number of anilines is 1. The van der Waals surface area contributed by atoms with Crippen LogP contribution in [0.25, 0.3) is 0 Å². The first-order chi connectivity index (χ1) is 9.61. The maximum Gasteiger partial charge on any atom is 0.173 e. The van der Waals surface area contributed by atoms with Crippen LogP contribution in [0.1, 0.15) is 11.1 Å². The average Bonchev–Trinajstić information content (AvgIpc) is 2.45. The van der Waals surface area contributed by atoms with Gasteiger partial charge in [-0.05, 0) is 24.3 Å². The molecule has 0 fully saturated rings. The number of rotatable bonds is 4. The number of nitrogens with two attached hydrogens (primary N) is 1. The van der Waals surface area contributed by atoms with E-state index in [1.165, 1.54) is 6.07 Å². The maximum absolute atomic E-state index is 14.2. The number of hydrogen-bond donors (Lipinski definition) is 3. The van der Waals surface area contributed by atoms with Gasteiger partial charge < -0.3 is 16.3 Å². The Balaban J connectivity index is 2.18. The molecule has 2 rings (SSSR count). The van der Waals surface area contributed by atoms with Crippen molar-refractivity contribution in [3.05, 3.63) is 63.9 Å². The van der Waals surface area contributed by atoms with Gasteiger partial charge in [-0.25, -0.2) is 4.39 Å². The Hall–Kier alpha value is -2.08. The minimum Gasteiger partial charge on any atom is -0.409 e. The summed E-state index contributed by atoms with van der Waals surface area (Å²) in [5, 5.41) is 14.5. The number of nitrogens with one attached hydrogen (secondary N) is 1. The minimum atomic E-state index is -0.495. The number of oxime groups is 1. The quantitative estimate of drug-likeness (QED) is 0.347. The van der Waals surface area contributed by atoms with E-state index >= 15 is 0 Å². The van der Waals surface area contributed by atoms with Gasteiger partial charge in [0.05, 0.1) is 5.56 Å². The molecule has 2 aromatic rings. The zero-order valence-electron chi connectivity index (χ0n) is 10.5. The topological polar surface area (TPSA) is 70.6 Å². The summed E-state index contributed by atoms with van der Waals surface area (Å²) in [4.78, 5) is 0. The summed E-state index contributed by atoms with van der Waals surface area (Å²) in [5.74, 6) is -0.739. The van der Waals surface area contributed by atoms with Crippen LogP contribution in [0.2, 0.25) is 0 Å². The maximum atomic E-state index is 14.2. The van der Waals surface area contributed by atoms with Gasteiger partial charge in [-0.1, -0.05) is 39.3 Å². The molecule has 6 heteroatoms. The van der Waals surface area contributed by atoms with Gasteiger partial charge in [-0.3, -0.25) is 0 Å². The molecule has 0 aliphatic heterocycles. The number of amidine groups is 1. The molecule has 0 unspecified atom stereocenters. The SMILES string of the molecule is N/C(=N/O)c1cccc(CNc2cccc(Br)c2)c1F. The Morgan fingerprint density at radius 3 is 2.75 bits per heavy atom. The predicted octanol–water partition coefficient (Wildman–Crippen LogP) is 3.29. The second kappa shape index (κ2) is 6.38. The van der Waals surface area contributed by atoms with Crippen LogP contribution in [0.3, 0.4) is 0 Å². The number of benzene rings is 2. The zero-order valence-corrected chi connectivity index (χ0v) is 12.1. The third-order valence-electron chi connectivity index (χ3n) is 2.77. The largest absolute Gasteiger partial charge is 0.409 e. The van der Waals surface area contributed by atoms with Crippen molar-refractivity contribution in [2.75, 3.05) is 5.32 Å². The molecule has 4 N–H and O–H groups in total. The van der Waals surface area contributed by atoms with Gasteiger partial charge in [-0.2, -0.15) is 0 Å². The smallest absolute Gasteiger partial charge is 0.173 e. The first kappa shape index (κ1) is 14.3. The molecular formula is C14H13BrFN3O. The van der Waals surface area contributed by atoms with Crippen molar-refractivity contribution in [1.29, 1.82) is 0 Å². The highest BCUT2D eigenvalue weighted by atomic mass is 79.9. The molecule has 2 aromatic carbocycles. The summed E-state index contributed by atoms with van der Waals surface area (Å²) in [5.41, 5.74) is 6.82. The molecule has 0 aromatic heterocycles. The van der Waals surface area contributed by atoms with E-state index in [1.54, 1.807) is 12.1 Å². The van der Waals surface area contributed by atoms with Gasteiger partial charge in [0.2, 0.25) is 0 Å². The Labute approximate surface area is 124 Å². The minimum absolute atomic E-state index is 0.0843. The molecule has 104 valence electrons. The van der Waals surface area contributed by atoms with Gasteiger partial charge in [-0.15, -0.1) is 0 Å². The van der Waals surface area contributed by atoms with Crippen molar-refractivity contribution in [3.8, 4) is 0 Å². The van der Waals surface area contributed by atoms with Crippen LogP contribution >= 0.6 is 15.9 Å². The summed E-state index contributed by atoms with van der Waals surface area (Å²) >= 11 is 3.37. The fraction of sp³-hybridized carbons (Fsp3) is 0.0714. The van der Waals surface area contributed by atoms with Crippen LogP contribution in [-0.2, 0) is 6.54 Å². The number of nitrogens with zero attached hydrogens (tertiary/aromatic N) is 1. The number of halogens is 2. The lowest BCUT2D eigenvalue weighted by molar-refractivity contribution is 0.318. The van der Waals surface area contributed by atoms with Crippen LogP contribution in [-0.4, -0.2) is 11.0 Å². The van der Waals surface area contributed by atoms with Crippen molar-refractivity contribution < 1.29 is 9.60 Å². The standard InChI is InChI=1S/C14H13BrFN3O/c15-10-4-2-5-11(7-10)18-8-9-3-1-6-12(13(9)16)14(17)19-20/h1-7,18,20H,8H2,(H2,17,19). The molecule has 0 aliphatic carbocycles. The van der Waals surface area contributed by atoms with Crippen molar-refractivity contribution >= 4 is 27.5 Å². The molecule has 0 amide bonds. The molecule has 0 aliphatic rings. The van der Waals surface area contributed by atoms with Crippen LogP contribution in [0.4, 0.5) is 10.1 Å². The van der Waals surface area contributed by atoms with Crippen LogP contribution in [0.5, 0.6) is 0 Å². The van der Waals surface area contributed by atoms with Crippen molar-refractivity contribution in [3.63, 3.8) is 0 Å². The van der Waals surface area contributed by atoms with Crippen LogP contribution in [0, 0.1) is 5.82 Å². The van der Waals surface area contributed by atoms with E-state index in [0.717, 1.165) is 10.2 Å². The Kier molecular flexibility index (Phi) is 4.57. The second-order valence-corrected chi connectivity index (χ2v) is 5.04. The van der Waals surface area contributed by atoms with E-state index in [2.05, 4.69) is 26.4 Å². The average molecular weight is 338 g/mol. The van der Waals surface area contributed by atoms with Gasteiger partial charge in [0.1, 0.15) is 5.82 Å². The molecule has 0 atom stereocenters. The Morgan fingerprint density at radius 2 is 2.05 bits per heavy atom. The van der Waals surface area contributed by atoms with Gasteiger partial charge in [0.25, 0.3) is 0 Å². The van der Waals surface area contributed by atoms with E-state index in [0.29, 0.717) is 12.1 Å². The summed E-state index contributed by atoms with van der Waals surface area (Å²) in [6, 6.07) is 12.3. The van der Waals surface area contributed by atoms with Crippen molar-refractivity contribution in [1.82, 2.24) is 0 Å². The van der Waals surface area contributed by atoms with Crippen molar-refractivity contribution in [2.24, 2.45) is 10.9 Å². The van der Waals surface area contributed by atoms with Crippen LogP contribution < -0.4 is 11.1 Å². The van der Waals surface area contributed by atoms with E-state index in [4.69, 9.17) is 10.9 Å². The molecule has 0 spiro atoms. The summed E-state index contributed by atoms with van der Waals surface area (Å²) < 4.78 is 15.1. The highest BCUT2D eigenvalue weighted by molar-refractivity contribution is 9.10. The fourth-order valence-electron chi connectivity index (χ4n) is 1.76. The fourth-order valence-corrected chi connectivity index (χ4v) is 2.16. The third kappa shape index (κ3) is 3.27. The molecular weight excluding hydrogens is 325 g/mol. The van der Waals surface area contributed by atoms with E-state index < -0.39 is 5.82 Å².